The summed E-state index contributed by atoms with van der Waals surface area (Å²) in [5, 5.41) is 2.15. The van der Waals surface area contributed by atoms with Gasteiger partial charge in [-0.25, -0.2) is 4.98 Å². The zero-order valence-electron chi connectivity index (χ0n) is 29.2. The van der Waals surface area contributed by atoms with Crippen molar-refractivity contribution in [3.05, 3.63) is 121 Å². The zero-order valence-corrected chi connectivity index (χ0v) is 28.4. The molecule has 0 radical (unpaired) electrons. The molecule has 0 atom stereocenters. The van der Waals surface area contributed by atoms with Crippen molar-refractivity contribution < 1.29 is 34.5 Å². The molecule has 0 saturated carbocycles. The maximum atomic E-state index is 8.10. The summed E-state index contributed by atoms with van der Waals surface area (Å²) >= 11 is 0. The largest absolute Gasteiger partial charge is 0.510 e. The quantitative estimate of drug-likeness (QED) is 0.133. The molecular formula is C39H36N4OPt-2. The van der Waals surface area contributed by atoms with Gasteiger partial charge in [-0.1, -0.05) is 95.2 Å². The molecule has 0 bridgehead atoms. The van der Waals surface area contributed by atoms with Crippen LogP contribution in [0.5, 0.6) is 11.5 Å². The van der Waals surface area contributed by atoms with E-state index in [1.54, 1.807) is 10.6 Å². The number of aryl methyl sites for hydroxylation is 1. The summed E-state index contributed by atoms with van der Waals surface area (Å²) < 4.78 is 35.9. The van der Waals surface area contributed by atoms with E-state index < -0.39 is 6.98 Å². The number of aromatic nitrogens is 4. The van der Waals surface area contributed by atoms with Gasteiger partial charge in [0, 0.05) is 44.3 Å². The number of hydrogen-bond donors (Lipinski definition) is 0. The Kier molecular flexibility index (Phi) is 6.81. The van der Waals surface area contributed by atoms with E-state index in [1.807, 2.05) is 54.7 Å². The van der Waals surface area contributed by atoms with Gasteiger partial charge in [0.2, 0.25) is 6.33 Å². The number of para-hydroxylation sites is 3. The van der Waals surface area contributed by atoms with Gasteiger partial charge in [0.1, 0.15) is 5.82 Å². The Morgan fingerprint density at radius 3 is 2.24 bits per heavy atom. The van der Waals surface area contributed by atoms with Gasteiger partial charge in [0.25, 0.3) is 0 Å². The van der Waals surface area contributed by atoms with Crippen LogP contribution in [-0.2, 0) is 38.9 Å². The molecule has 45 heavy (non-hydrogen) atoms. The first-order valence-corrected chi connectivity index (χ1v) is 14.8. The Bertz CT molecular complexity index is 2310. The third-order valence-corrected chi connectivity index (χ3v) is 8.12. The summed E-state index contributed by atoms with van der Waals surface area (Å²) in [4.78, 5) is 4.78. The van der Waals surface area contributed by atoms with Gasteiger partial charge in [-0.15, -0.1) is 29.7 Å². The van der Waals surface area contributed by atoms with Gasteiger partial charge < -0.3 is 18.4 Å². The number of fused-ring (bicyclic) bond motifs is 4. The Labute approximate surface area is 283 Å². The number of rotatable bonds is 4. The first kappa shape index (κ1) is 27.1. The average Bonchev–Trinajstić information content (AvgIpc) is 3.57. The second-order valence-corrected chi connectivity index (χ2v) is 13.3. The van der Waals surface area contributed by atoms with Gasteiger partial charge in [-0.3, -0.25) is 0 Å². The second-order valence-electron chi connectivity index (χ2n) is 13.3. The first-order chi connectivity index (χ1) is 22.2. The Morgan fingerprint density at radius 2 is 1.49 bits per heavy atom. The van der Waals surface area contributed by atoms with E-state index in [2.05, 4.69) is 94.9 Å². The monoisotopic (exact) mass is 774 g/mol. The van der Waals surface area contributed by atoms with Gasteiger partial charge in [-0.2, -0.15) is 17.7 Å². The number of benzene rings is 4. The minimum absolute atomic E-state index is 0. The normalized spacial score (nSPS) is 13.4. The fourth-order valence-electron chi connectivity index (χ4n) is 5.67. The predicted molar refractivity (Wildman–Crippen MR) is 177 cm³/mol. The molecule has 0 amide bonds. The molecule has 4 aromatic carbocycles. The molecule has 0 fully saturated rings. The summed E-state index contributed by atoms with van der Waals surface area (Å²) in [5.41, 5.74) is 5.72. The molecule has 3 heterocycles. The van der Waals surface area contributed by atoms with E-state index in [1.165, 1.54) is 10.1 Å². The summed E-state index contributed by atoms with van der Waals surface area (Å²) in [6.45, 7) is 10.6. The number of ether oxygens (including phenoxy) is 1. The van der Waals surface area contributed by atoms with Crippen LogP contribution in [0.3, 0.4) is 0 Å². The number of pyridine rings is 1. The Hall–Kier alpha value is -4.21. The van der Waals surface area contributed by atoms with Crippen molar-refractivity contribution in [1.29, 1.82) is 0 Å². The van der Waals surface area contributed by atoms with E-state index in [0.29, 0.717) is 28.2 Å². The Balaban J connectivity index is 0.00000401. The van der Waals surface area contributed by atoms with Crippen molar-refractivity contribution in [1.82, 2.24) is 14.1 Å². The molecule has 7 rings (SSSR count). The van der Waals surface area contributed by atoms with Crippen LogP contribution < -0.4 is 9.30 Å². The van der Waals surface area contributed by atoms with Crippen LogP contribution in [0.1, 0.15) is 56.8 Å². The minimum Gasteiger partial charge on any atom is -0.510 e. The average molecular weight is 775 g/mol. The van der Waals surface area contributed by atoms with Crippen LogP contribution >= 0.6 is 0 Å². The molecule has 0 aliphatic heterocycles. The minimum atomic E-state index is -2.39. The van der Waals surface area contributed by atoms with Gasteiger partial charge >= 0.3 is 0 Å². The summed E-state index contributed by atoms with van der Waals surface area (Å²) in [6.07, 6.45) is 4.93. The maximum Gasteiger partial charge on any atom is 0.242 e. The summed E-state index contributed by atoms with van der Waals surface area (Å²) in [6, 6.07) is 34.8. The van der Waals surface area contributed by atoms with Crippen molar-refractivity contribution in [2.75, 3.05) is 0 Å². The molecule has 6 heteroatoms. The fourth-order valence-corrected chi connectivity index (χ4v) is 5.67. The molecule has 0 saturated heterocycles. The van der Waals surface area contributed by atoms with E-state index in [0.717, 1.165) is 33.2 Å². The van der Waals surface area contributed by atoms with Crippen LogP contribution in [0.2, 0.25) is 0 Å². The molecule has 230 valence electrons. The van der Waals surface area contributed by atoms with Gasteiger partial charge in [0.15, 0.2) is 0 Å². The summed E-state index contributed by atoms with van der Waals surface area (Å²) in [7, 11) is 0. The van der Waals surface area contributed by atoms with E-state index >= 15 is 0 Å². The summed E-state index contributed by atoms with van der Waals surface area (Å²) in [5.74, 6) is 1.84. The van der Waals surface area contributed by atoms with Crippen LogP contribution in [0.25, 0.3) is 44.3 Å². The van der Waals surface area contributed by atoms with Crippen molar-refractivity contribution in [2.45, 2.75) is 52.4 Å². The molecule has 0 spiro atoms. The maximum absolute atomic E-state index is 8.10. The Morgan fingerprint density at radius 1 is 0.756 bits per heavy atom. The molecule has 5 nitrogen and oxygen atoms in total. The van der Waals surface area contributed by atoms with Crippen molar-refractivity contribution in [2.24, 2.45) is 6.98 Å². The van der Waals surface area contributed by atoms with Crippen LogP contribution in [-0.4, -0.2) is 14.1 Å². The third kappa shape index (κ3) is 5.59. The molecular weight excluding hydrogens is 736 g/mol. The second kappa shape index (κ2) is 11.3. The molecule has 0 aliphatic rings. The molecule has 3 aromatic heterocycles. The van der Waals surface area contributed by atoms with Crippen molar-refractivity contribution >= 4 is 32.8 Å². The molecule has 7 aromatic rings. The number of hydrogen-bond acceptors (Lipinski definition) is 2. The third-order valence-electron chi connectivity index (χ3n) is 8.12. The standard InChI is InChI=1S/C39H36N4O.Pt/c1-38(2,3)26-18-19-40-37(22-26)43-33-13-9-8-12-31(33)32-17-16-29(24-36(32)43)44-30-21-27(39(4,5)6)20-28(23-30)42-25-41(7)34-14-10-11-15-35(34)42;/h8-22H,1-7H3;/q-2;/i7D3;. The van der Waals surface area contributed by atoms with Gasteiger partial charge in [0.05, 0.1) is 22.1 Å². The van der Waals surface area contributed by atoms with Crippen molar-refractivity contribution in [3.63, 3.8) is 0 Å². The predicted octanol–water partition coefficient (Wildman–Crippen LogP) is 8.73. The zero-order chi connectivity index (χ0) is 33.3. The number of imidazole rings is 1. The molecule has 0 aliphatic carbocycles. The topological polar surface area (TPSA) is 35.9 Å². The first-order valence-electron chi connectivity index (χ1n) is 16.3. The SMILES string of the molecule is [2H]C([2H])([2H])[n+]1[c-]n(-c2[c-]c(Oc3[c-]c4c(cc3)c3ccccc3n4-c3cc(C(C)(C)C)ccn3)cc(C(C)(C)C)c2)c2ccccc21.[Pt]. The van der Waals surface area contributed by atoms with E-state index in [-0.39, 0.29) is 31.9 Å². The van der Waals surface area contributed by atoms with Crippen molar-refractivity contribution in [3.8, 4) is 23.0 Å². The van der Waals surface area contributed by atoms with E-state index in [9.17, 15) is 0 Å². The number of nitrogens with zero attached hydrogens (tertiary/aromatic N) is 4. The van der Waals surface area contributed by atoms with Crippen LogP contribution in [0.4, 0.5) is 0 Å². The fraction of sp³-hybridized carbons (Fsp3) is 0.231. The molecule has 0 unspecified atom stereocenters. The van der Waals surface area contributed by atoms with Crippen LogP contribution in [0.15, 0.2) is 91.1 Å². The van der Waals surface area contributed by atoms with Crippen LogP contribution in [0, 0.1) is 18.5 Å². The van der Waals surface area contributed by atoms with Gasteiger partial charge in [-0.05, 0) is 40.0 Å². The van der Waals surface area contributed by atoms with E-state index in [4.69, 9.17) is 13.8 Å². The molecule has 0 N–H and O–H groups in total. The smallest absolute Gasteiger partial charge is 0.242 e.